The monoisotopic (exact) mass is 373 g/mol. The number of hydrogen-bond donors (Lipinski definition) is 1. The molecule has 1 aromatic heterocycles. The van der Waals surface area contributed by atoms with E-state index in [9.17, 15) is 13.2 Å². The minimum Gasteiger partial charge on any atom is -0.325 e. The fraction of sp³-hybridized carbons (Fsp3) is 0.368. The molecule has 7 heteroatoms. The first-order valence-electron chi connectivity index (χ1n) is 8.66. The molecule has 0 unspecified atom stereocenters. The molecular weight excluding hydrogens is 350 g/mol. The van der Waals surface area contributed by atoms with Crippen LogP contribution in [0.5, 0.6) is 0 Å². The van der Waals surface area contributed by atoms with Crippen molar-refractivity contribution in [3.63, 3.8) is 0 Å². The van der Waals surface area contributed by atoms with Crippen molar-refractivity contribution in [3.05, 3.63) is 53.9 Å². The molecule has 138 valence electrons. The third kappa shape index (κ3) is 3.94. The molecular formula is C19H23N3O3S. The summed E-state index contributed by atoms with van der Waals surface area (Å²) in [5.41, 5.74) is 2.37. The number of pyridine rings is 1. The van der Waals surface area contributed by atoms with Crippen molar-refractivity contribution in [1.29, 1.82) is 0 Å². The van der Waals surface area contributed by atoms with Gasteiger partial charge < -0.3 is 5.32 Å². The maximum absolute atomic E-state index is 13.1. The van der Waals surface area contributed by atoms with Crippen molar-refractivity contribution in [2.45, 2.75) is 37.5 Å². The fourth-order valence-electron chi connectivity index (χ4n) is 3.34. The predicted molar refractivity (Wildman–Crippen MR) is 100 cm³/mol. The highest BCUT2D eigenvalue weighted by molar-refractivity contribution is 7.89. The van der Waals surface area contributed by atoms with Crippen LogP contribution in [0.1, 0.15) is 36.8 Å². The number of anilines is 1. The molecule has 2 aromatic rings. The molecule has 0 aliphatic carbocycles. The van der Waals surface area contributed by atoms with Gasteiger partial charge in [-0.1, -0.05) is 6.07 Å². The van der Waals surface area contributed by atoms with Gasteiger partial charge in [-0.05, 0) is 61.1 Å². The van der Waals surface area contributed by atoms with Gasteiger partial charge in [0.2, 0.25) is 15.9 Å². The summed E-state index contributed by atoms with van der Waals surface area (Å²) < 4.78 is 27.8. The van der Waals surface area contributed by atoms with Crippen LogP contribution in [-0.4, -0.2) is 36.7 Å². The summed E-state index contributed by atoms with van der Waals surface area (Å²) in [6, 6.07) is 9.04. The van der Waals surface area contributed by atoms with Gasteiger partial charge in [-0.15, -0.1) is 0 Å². The molecule has 3 rings (SSSR count). The molecule has 1 aliphatic heterocycles. The highest BCUT2D eigenvalue weighted by atomic mass is 32.2. The Labute approximate surface area is 154 Å². The number of carbonyl (C=O) groups excluding carboxylic acids is 1. The molecule has 0 atom stereocenters. The number of hydrogen-bond acceptors (Lipinski definition) is 4. The van der Waals surface area contributed by atoms with Crippen molar-refractivity contribution < 1.29 is 13.2 Å². The fourth-order valence-corrected chi connectivity index (χ4v) is 5.04. The van der Waals surface area contributed by atoms with E-state index in [1.807, 2.05) is 19.1 Å². The maximum atomic E-state index is 13.1. The average molecular weight is 373 g/mol. The van der Waals surface area contributed by atoms with E-state index < -0.39 is 10.0 Å². The minimum absolute atomic E-state index is 0.162. The first-order chi connectivity index (χ1) is 12.4. The van der Waals surface area contributed by atoms with E-state index in [2.05, 4.69) is 10.3 Å². The number of nitrogens with zero attached hydrogens (tertiary/aromatic N) is 2. The molecule has 0 spiro atoms. The topological polar surface area (TPSA) is 79.4 Å². The highest BCUT2D eigenvalue weighted by Crippen LogP contribution is 2.32. The normalized spacial score (nSPS) is 16.4. The van der Waals surface area contributed by atoms with Crippen molar-refractivity contribution in [2.24, 2.45) is 0 Å². The van der Waals surface area contributed by atoms with Gasteiger partial charge in [-0.25, -0.2) is 8.42 Å². The smallest absolute Gasteiger partial charge is 0.245 e. The van der Waals surface area contributed by atoms with Gasteiger partial charge in [0.05, 0.1) is 5.69 Å². The lowest BCUT2D eigenvalue weighted by molar-refractivity contribution is -0.114. The van der Waals surface area contributed by atoms with Crippen LogP contribution in [-0.2, 0) is 14.8 Å². The van der Waals surface area contributed by atoms with E-state index in [1.165, 1.54) is 16.8 Å². The number of carbonyl (C=O) groups is 1. The number of benzene rings is 1. The van der Waals surface area contributed by atoms with Crippen LogP contribution in [0.15, 0.2) is 47.6 Å². The van der Waals surface area contributed by atoms with Crippen LogP contribution in [0, 0.1) is 6.92 Å². The standard InChI is InChI=1S/C19H23N3O3S/c1-14-3-4-18(21-15(2)23)19(13-14)26(24,25)22-11-7-17(8-12-22)16-5-9-20-10-6-16/h3-6,9-10,13,17H,7-8,11-12H2,1-2H3,(H,21,23). The molecule has 1 amide bonds. The summed E-state index contributed by atoms with van der Waals surface area (Å²) in [5, 5.41) is 2.63. The summed E-state index contributed by atoms with van der Waals surface area (Å²) >= 11 is 0. The lowest BCUT2D eigenvalue weighted by atomic mass is 9.91. The second kappa shape index (κ2) is 7.55. The van der Waals surface area contributed by atoms with E-state index >= 15 is 0 Å². The summed E-state index contributed by atoms with van der Waals surface area (Å²) in [6.45, 7) is 4.13. The zero-order chi connectivity index (χ0) is 18.7. The van der Waals surface area contributed by atoms with Crippen LogP contribution in [0.2, 0.25) is 0 Å². The van der Waals surface area contributed by atoms with Crippen molar-refractivity contribution >= 4 is 21.6 Å². The third-order valence-electron chi connectivity index (χ3n) is 4.70. The Hall–Kier alpha value is -2.25. The minimum atomic E-state index is -3.66. The lowest BCUT2D eigenvalue weighted by Crippen LogP contribution is -2.38. The van der Waals surface area contributed by atoms with E-state index in [0.29, 0.717) is 24.7 Å². The Morgan fingerprint density at radius 3 is 2.42 bits per heavy atom. The quantitative estimate of drug-likeness (QED) is 0.894. The maximum Gasteiger partial charge on any atom is 0.245 e. The van der Waals surface area contributed by atoms with Gasteiger partial charge in [0.1, 0.15) is 4.90 Å². The summed E-state index contributed by atoms with van der Waals surface area (Å²) in [7, 11) is -3.66. The van der Waals surface area contributed by atoms with Crippen LogP contribution in [0.25, 0.3) is 0 Å². The Bertz CT molecular complexity index is 890. The van der Waals surface area contributed by atoms with E-state index in [1.54, 1.807) is 30.6 Å². The van der Waals surface area contributed by atoms with Gasteiger partial charge in [-0.3, -0.25) is 9.78 Å². The number of aryl methyl sites for hydroxylation is 1. The molecule has 1 aliphatic rings. The molecule has 0 bridgehead atoms. The Morgan fingerprint density at radius 1 is 1.15 bits per heavy atom. The molecule has 1 saturated heterocycles. The Kier molecular flexibility index (Phi) is 5.38. The molecule has 2 heterocycles. The number of rotatable bonds is 4. The number of aromatic nitrogens is 1. The molecule has 0 radical (unpaired) electrons. The SMILES string of the molecule is CC(=O)Nc1ccc(C)cc1S(=O)(=O)N1CCC(c2ccncc2)CC1. The van der Waals surface area contributed by atoms with Crippen molar-refractivity contribution in [3.8, 4) is 0 Å². The molecule has 0 saturated carbocycles. The summed E-state index contributed by atoms with van der Waals surface area (Å²) in [5.74, 6) is 0.0541. The molecule has 1 aromatic carbocycles. The zero-order valence-electron chi connectivity index (χ0n) is 15.0. The second-order valence-corrected chi connectivity index (χ2v) is 8.55. The first kappa shape index (κ1) is 18.5. The molecule has 6 nitrogen and oxygen atoms in total. The third-order valence-corrected chi connectivity index (χ3v) is 6.64. The van der Waals surface area contributed by atoms with Crippen molar-refractivity contribution in [1.82, 2.24) is 9.29 Å². The van der Waals surface area contributed by atoms with Gasteiger partial charge in [0.25, 0.3) is 0 Å². The van der Waals surface area contributed by atoms with E-state index in [-0.39, 0.29) is 10.8 Å². The predicted octanol–water partition coefficient (Wildman–Crippen LogP) is 2.92. The van der Waals surface area contributed by atoms with Crippen LogP contribution < -0.4 is 5.32 Å². The Morgan fingerprint density at radius 2 is 1.81 bits per heavy atom. The number of piperidine rings is 1. The van der Waals surface area contributed by atoms with Gasteiger partial charge >= 0.3 is 0 Å². The number of nitrogens with one attached hydrogen (secondary N) is 1. The van der Waals surface area contributed by atoms with Crippen LogP contribution in [0.3, 0.4) is 0 Å². The molecule has 1 N–H and O–H groups in total. The molecule has 1 fully saturated rings. The highest BCUT2D eigenvalue weighted by Gasteiger charge is 2.31. The van der Waals surface area contributed by atoms with Gasteiger partial charge in [0, 0.05) is 32.4 Å². The summed E-state index contributed by atoms with van der Waals surface area (Å²) in [6.07, 6.45) is 5.07. The Balaban J connectivity index is 1.82. The second-order valence-electron chi connectivity index (χ2n) is 6.64. The van der Waals surface area contributed by atoms with Crippen LogP contribution >= 0.6 is 0 Å². The largest absolute Gasteiger partial charge is 0.325 e. The molecule has 26 heavy (non-hydrogen) atoms. The zero-order valence-corrected chi connectivity index (χ0v) is 15.8. The van der Waals surface area contributed by atoms with Gasteiger partial charge in [-0.2, -0.15) is 4.31 Å². The number of sulfonamides is 1. The van der Waals surface area contributed by atoms with Crippen LogP contribution in [0.4, 0.5) is 5.69 Å². The van der Waals surface area contributed by atoms with Crippen molar-refractivity contribution in [2.75, 3.05) is 18.4 Å². The first-order valence-corrected chi connectivity index (χ1v) is 10.1. The summed E-state index contributed by atoms with van der Waals surface area (Å²) in [4.78, 5) is 15.6. The number of amides is 1. The van der Waals surface area contributed by atoms with E-state index in [4.69, 9.17) is 0 Å². The average Bonchev–Trinajstić information content (AvgIpc) is 2.63. The van der Waals surface area contributed by atoms with Gasteiger partial charge in [0.15, 0.2) is 0 Å². The van der Waals surface area contributed by atoms with E-state index in [0.717, 1.165) is 18.4 Å². The lowest BCUT2D eigenvalue weighted by Gasteiger charge is -2.32.